The van der Waals surface area contributed by atoms with Gasteiger partial charge in [0.05, 0.1) is 19.2 Å². The molecule has 0 bridgehead atoms. The quantitative estimate of drug-likeness (QED) is 0.202. The van der Waals surface area contributed by atoms with E-state index in [4.69, 9.17) is 13.1 Å². The van der Waals surface area contributed by atoms with Crippen LogP contribution in [0.25, 0.3) is 41.6 Å². The molecule has 2 heterocycles. The van der Waals surface area contributed by atoms with Crippen molar-refractivity contribution in [3.05, 3.63) is 98.8 Å². The lowest BCUT2D eigenvalue weighted by atomic mass is 10.0. The predicted molar refractivity (Wildman–Crippen MR) is 125 cm³/mol. The van der Waals surface area contributed by atoms with Gasteiger partial charge in [0.2, 0.25) is 0 Å². The van der Waals surface area contributed by atoms with E-state index in [2.05, 4.69) is 19.7 Å². The number of carbonyl (C=O) groups is 1. The molecule has 0 N–H and O–H groups in total. The Morgan fingerprint density at radius 1 is 1.00 bits per heavy atom. The lowest BCUT2D eigenvalue weighted by Gasteiger charge is -2.01. The monoisotopic (exact) mass is 447 g/mol. The van der Waals surface area contributed by atoms with Crippen molar-refractivity contribution in [3.8, 4) is 16.6 Å². The number of allylic oxidation sites excluding steroid dienone is 3. The van der Waals surface area contributed by atoms with E-state index in [0.29, 0.717) is 33.0 Å². The van der Waals surface area contributed by atoms with E-state index in [-0.39, 0.29) is 11.5 Å². The van der Waals surface area contributed by atoms with Gasteiger partial charge in [0.25, 0.3) is 5.70 Å². The number of hydrogen-bond donors (Lipinski definition) is 0. The lowest BCUT2D eigenvalue weighted by molar-refractivity contribution is 0.104. The van der Waals surface area contributed by atoms with Crippen LogP contribution >= 0.6 is 22.7 Å². The van der Waals surface area contributed by atoms with Gasteiger partial charge in [-0.15, -0.1) is 0 Å². The Kier molecular flexibility index (Phi) is 4.69. The number of hydrogen-bond acceptors (Lipinski definition) is 6. The summed E-state index contributed by atoms with van der Waals surface area (Å²) >= 11 is 2.78. The van der Waals surface area contributed by atoms with Gasteiger partial charge in [0.1, 0.15) is 10.0 Å². The summed E-state index contributed by atoms with van der Waals surface area (Å²) in [5.74, 6) is -0.223. The van der Waals surface area contributed by atoms with Crippen LogP contribution in [0.15, 0.2) is 59.8 Å². The minimum atomic E-state index is -0.223. The molecule has 0 radical (unpaired) electrons. The van der Waals surface area contributed by atoms with Crippen LogP contribution < -0.4 is 0 Å². The molecule has 0 atom stereocenters. The third-order valence-electron chi connectivity index (χ3n) is 4.91. The molecule has 0 unspecified atom stereocenters. The molecule has 148 valence electrons. The zero-order valence-electron chi connectivity index (χ0n) is 16.2. The maximum absolute atomic E-state index is 13.0. The van der Waals surface area contributed by atoms with Gasteiger partial charge in [0.15, 0.2) is 21.1 Å². The van der Waals surface area contributed by atoms with Crippen molar-refractivity contribution in [1.29, 1.82) is 5.26 Å². The summed E-state index contributed by atoms with van der Waals surface area (Å²) in [5.41, 5.74) is 3.10. The second-order valence-corrected chi connectivity index (χ2v) is 8.71. The van der Waals surface area contributed by atoms with E-state index < -0.39 is 0 Å². The summed E-state index contributed by atoms with van der Waals surface area (Å²) < 4.78 is 0. The Morgan fingerprint density at radius 2 is 1.72 bits per heavy atom. The summed E-state index contributed by atoms with van der Waals surface area (Å²) in [5, 5.41) is 10.8. The van der Waals surface area contributed by atoms with E-state index in [1.54, 1.807) is 42.5 Å². The zero-order chi connectivity index (χ0) is 22.2. The molecular weight excluding hydrogens is 438 g/mol. The average molecular weight is 448 g/mol. The first-order valence-electron chi connectivity index (χ1n) is 9.26. The number of benzene rings is 2. The number of carbonyl (C=O) groups excluding carboxylic acids is 1. The van der Waals surface area contributed by atoms with Gasteiger partial charge in [-0.2, -0.15) is 0 Å². The molecule has 0 amide bonds. The summed E-state index contributed by atoms with van der Waals surface area (Å²) in [6.07, 6.45) is 1.64. The summed E-state index contributed by atoms with van der Waals surface area (Å²) in [7, 11) is 0. The molecular formula is C24H9N5OS2. The second kappa shape index (κ2) is 7.68. The maximum atomic E-state index is 13.0. The molecule has 1 aliphatic rings. The highest BCUT2D eigenvalue weighted by Crippen LogP contribution is 2.41. The Labute approximate surface area is 190 Å². The molecule has 0 spiro atoms. The molecule has 1 aliphatic carbocycles. The maximum Gasteiger partial charge on any atom is 0.270 e. The zero-order valence-corrected chi connectivity index (χ0v) is 17.8. The van der Waals surface area contributed by atoms with E-state index in [1.807, 2.05) is 18.2 Å². The van der Waals surface area contributed by atoms with Gasteiger partial charge in [-0.05, 0) is 11.6 Å². The second-order valence-electron chi connectivity index (χ2n) is 6.72. The number of nitriles is 1. The van der Waals surface area contributed by atoms with Crippen LogP contribution in [0.4, 0.5) is 5.69 Å². The van der Waals surface area contributed by atoms with Crippen LogP contribution in [-0.2, 0) is 0 Å². The van der Waals surface area contributed by atoms with E-state index in [9.17, 15) is 10.1 Å². The average Bonchev–Trinajstić information content (AvgIpc) is 3.47. The molecule has 8 heteroatoms. The normalized spacial score (nSPS) is 15.3. The largest absolute Gasteiger partial charge is 0.289 e. The number of ketones is 1. The van der Waals surface area contributed by atoms with Gasteiger partial charge >= 0.3 is 0 Å². The Morgan fingerprint density at radius 3 is 2.38 bits per heavy atom. The SMILES string of the molecule is [C-]#[N+]/C(C#N)=C1\C(=C\c2nc3sc(-c4ccc([N+]#[C-])cc4)nc3s2)C(=O)c2ccccc21. The van der Waals surface area contributed by atoms with E-state index in [1.165, 1.54) is 22.7 Å². The number of fused-ring (bicyclic) bond motifs is 2. The van der Waals surface area contributed by atoms with Crippen LogP contribution in [0.3, 0.4) is 0 Å². The van der Waals surface area contributed by atoms with Crippen molar-refractivity contribution >= 4 is 55.5 Å². The predicted octanol–water partition coefficient (Wildman–Crippen LogP) is 6.40. The first-order valence-corrected chi connectivity index (χ1v) is 10.9. The molecule has 32 heavy (non-hydrogen) atoms. The first-order chi connectivity index (χ1) is 15.6. The number of nitrogens with zero attached hydrogens (tertiary/aromatic N) is 5. The van der Waals surface area contributed by atoms with Crippen molar-refractivity contribution < 1.29 is 4.79 Å². The van der Waals surface area contributed by atoms with Crippen LogP contribution in [0.2, 0.25) is 0 Å². The lowest BCUT2D eigenvalue weighted by Crippen LogP contribution is -1.95. The van der Waals surface area contributed by atoms with Gasteiger partial charge in [-0.25, -0.2) is 24.9 Å². The van der Waals surface area contributed by atoms with Crippen LogP contribution in [0, 0.1) is 24.5 Å². The van der Waals surface area contributed by atoms with Crippen LogP contribution in [-0.4, -0.2) is 15.8 Å². The summed E-state index contributed by atoms with van der Waals surface area (Å²) in [4.78, 5) is 30.5. The van der Waals surface area contributed by atoms with Crippen molar-refractivity contribution in [3.63, 3.8) is 0 Å². The topological polar surface area (TPSA) is 75.4 Å². The highest BCUT2D eigenvalue weighted by atomic mass is 32.1. The standard InChI is InChI=1S/C24H9N5OS2/c1-26-14-9-7-13(8-10-14)22-29-24-23(32-22)28-19(31-24)11-17-20(18(12-25)27-2)15-5-3-4-6-16(15)21(17)30/h3-11H/b17-11-,20-18-. The summed E-state index contributed by atoms with van der Waals surface area (Å²) in [6.45, 7) is 14.4. The fourth-order valence-electron chi connectivity index (χ4n) is 3.48. The Hall–Kier alpha value is -4.42. The van der Waals surface area contributed by atoms with Gasteiger partial charge in [-0.3, -0.25) is 4.79 Å². The third kappa shape index (κ3) is 3.10. The molecule has 2 aromatic carbocycles. The molecule has 2 aromatic heterocycles. The van der Waals surface area contributed by atoms with Gasteiger partial charge in [0, 0.05) is 22.3 Å². The fraction of sp³-hybridized carbons (Fsp3) is 0. The Balaban J connectivity index is 1.58. The molecule has 0 fully saturated rings. The molecule has 0 saturated carbocycles. The van der Waals surface area contributed by atoms with Crippen molar-refractivity contribution in [2.75, 3.05) is 0 Å². The highest BCUT2D eigenvalue weighted by Gasteiger charge is 2.32. The smallest absolute Gasteiger partial charge is 0.270 e. The van der Waals surface area contributed by atoms with E-state index in [0.717, 1.165) is 20.2 Å². The number of aromatic nitrogens is 2. The van der Waals surface area contributed by atoms with Gasteiger partial charge in [-0.1, -0.05) is 71.2 Å². The third-order valence-corrected chi connectivity index (χ3v) is 6.94. The Bertz CT molecular complexity index is 1570. The molecule has 4 aromatic rings. The fourth-order valence-corrected chi connectivity index (χ4v) is 5.48. The van der Waals surface area contributed by atoms with Gasteiger partial charge < -0.3 is 0 Å². The number of Topliss-reactive ketones (excluding diaryl/α,β-unsaturated/α-hetero) is 1. The molecule has 0 aliphatic heterocycles. The van der Waals surface area contributed by atoms with Crippen molar-refractivity contribution in [2.24, 2.45) is 0 Å². The minimum absolute atomic E-state index is 0.115. The van der Waals surface area contributed by atoms with Crippen LogP contribution in [0.1, 0.15) is 20.9 Å². The number of thiazole rings is 2. The molecule has 6 nitrogen and oxygen atoms in total. The van der Waals surface area contributed by atoms with Crippen molar-refractivity contribution in [1.82, 2.24) is 9.97 Å². The number of rotatable bonds is 2. The molecule has 5 rings (SSSR count). The van der Waals surface area contributed by atoms with Crippen LogP contribution in [0.5, 0.6) is 0 Å². The minimum Gasteiger partial charge on any atom is -0.289 e. The van der Waals surface area contributed by atoms with Crippen molar-refractivity contribution in [2.45, 2.75) is 0 Å². The van der Waals surface area contributed by atoms with E-state index >= 15 is 0 Å². The molecule has 0 saturated heterocycles. The highest BCUT2D eigenvalue weighted by molar-refractivity contribution is 7.28. The first kappa shape index (κ1) is 19.5. The summed E-state index contributed by atoms with van der Waals surface area (Å²) in [6, 6.07) is 16.1.